The number of halogens is 3. The van der Waals surface area contributed by atoms with Crippen LogP contribution in [0, 0.1) is 11.6 Å². The first kappa shape index (κ1) is 11.8. The van der Waals surface area contributed by atoms with E-state index in [2.05, 4.69) is 21.2 Å². The van der Waals surface area contributed by atoms with E-state index in [-0.39, 0.29) is 15.9 Å². The van der Waals surface area contributed by atoms with E-state index in [1.165, 1.54) is 24.5 Å². The fourth-order valence-corrected chi connectivity index (χ4v) is 1.67. The minimum atomic E-state index is -1.10. The van der Waals surface area contributed by atoms with Crippen LogP contribution in [0.25, 0.3) is 0 Å². The molecule has 2 aromatic rings. The summed E-state index contributed by atoms with van der Waals surface area (Å²) in [6.07, 6.45) is 1.31. The molecule has 17 heavy (non-hydrogen) atoms. The van der Waals surface area contributed by atoms with Gasteiger partial charge in [-0.3, -0.25) is 4.79 Å². The van der Waals surface area contributed by atoms with E-state index in [4.69, 9.17) is 4.42 Å². The van der Waals surface area contributed by atoms with E-state index >= 15 is 0 Å². The lowest BCUT2D eigenvalue weighted by atomic mass is 10.2. The molecule has 1 N–H and O–H groups in total. The summed E-state index contributed by atoms with van der Waals surface area (Å²) in [7, 11) is 0. The van der Waals surface area contributed by atoms with Crippen LogP contribution >= 0.6 is 15.9 Å². The Labute approximate surface area is 104 Å². The minimum Gasteiger partial charge on any atom is -0.457 e. The molecule has 0 spiro atoms. The van der Waals surface area contributed by atoms with Crippen molar-refractivity contribution in [3.63, 3.8) is 0 Å². The molecule has 0 fully saturated rings. The largest absolute Gasteiger partial charge is 0.457 e. The maximum Gasteiger partial charge on any atom is 0.260 e. The van der Waals surface area contributed by atoms with Gasteiger partial charge in [0.05, 0.1) is 17.5 Å². The predicted molar refractivity (Wildman–Crippen MR) is 60.7 cm³/mol. The fourth-order valence-electron chi connectivity index (χ4n) is 1.25. The molecule has 1 aromatic heterocycles. The van der Waals surface area contributed by atoms with Crippen LogP contribution in [0.4, 0.5) is 14.5 Å². The van der Waals surface area contributed by atoms with Crippen molar-refractivity contribution in [2.75, 3.05) is 5.32 Å². The summed E-state index contributed by atoms with van der Waals surface area (Å²) in [6, 6.07) is 4.96. The zero-order chi connectivity index (χ0) is 12.4. The summed E-state index contributed by atoms with van der Waals surface area (Å²) >= 11 is 3.02. The van der Waals surface area contributed by atoms with Crippen LogP contribution in [0.2, 0.25) is 0 Å². The monoisotopic (exact) mass is 301 g/mol. The molecule has 0 radical (unpaired) electrons. The van der Waals surface area contributed by atoms with Crippen LogP contribution in [0.1, 0.15) is 10.4 Å². The van der Waals surface area contributed by atoms with Crippen molar-refractivity contribution in [1.29, 1.82) is 0 Å². The number of hydrogen-bond donors (Lipinski definition) is 1. The average molecular weight is 302 g/mol. The zero-order valence-electron chi connectivity index (χ0n) is 8.34. The van der Waals surface area contributed by atoms with E-state index in [1.807, 2.05) is 0 Å². The summed E-state index contributed by atoms with van der Waals surface area (Å²) in [5, 5.41) is 2.25. The molecule has 1 heterocycles. The van der Waals surface area contributed by atoms with Crippen LogP contribution in [-0.4, -0.2) is 5.91 Å². The smallest absolute Gasteiger partial charge is 0.260 e. The van der Waals surface area contributed by atoms with Gasteiger partial charge in [-0.2, -0.15) is 0 Å². The molecule has 0 saturated heterocycles. The van der Waals surface area contributed by atoms with Gasteiger partial charge in [-0.05, 0) is 34.1 Å². The van der Waals surface area contributed by atoms with Crippen molar-refractivity contribution in [2.45, 2.75) is 0 Å². The fraction of sp³-hybridized carbons (Fsp3) is 0. The number of carbonyl (C=O) groups is 1. The molecule has 88 valence electrons. The van der Waals surface area contributed by atoms with E-state index in [9.17, 15) is 13.6 Å². The normalized spacial score (nSPS) is 10.3. The number of benzene rings is 1. The van der Waals surface area contributed by atoms with Gasteiger partial charge < -0.3 is 9.73 Å². The summed E-state index contributed by atoms with van der Waals surface area (Å²) in [5.41, 5.74) is -0.0169. The summed E-state index contributed by atoms with van der Waals surface area (Å²) in [6.45, 7) is 0. The highest BCUT2D eigenvalue weighted by molar-refractivity contribution is 9.10. The topological polar surface area (TPSA) is 42.2 Å². The molecule has 0 unspecified atom stereocenters. The SMILES string of the molecule is O=C(Nc1cccc(F)c1F)c1ccoc1Br. The number of rotatable bonds is 2. The standard InChI is InChI=1S/C11H6BrF2NO2/c12-10-6(4-5-17-10)11(16)15-8-3-1-2-7(13)9(8)14/h1-5H,(H,15,16). The Hall–Kier alpha value is -1.69. The molecular weight excluding hydrogens is 296 g/mol. The number of anilines is 1. The number of amides is 1. The summed E-state index contributed by atoms with van der Waals surface area (Å²) in [5.74, 6) is -2.70. The molecule has 0 atom stereocenters. The average Bonchev–Trinajstić information content (AvgIpc) is 2.71. The molecule has 2 rings (SSSR count). The summed E-state index contributed by atoms with van der Waals surface area (Å²) in [4.78, 5) is 11.7. The van der Waals surface area contributed by atoms with E-state index in [0.29, 0.717) is 0 Å². The van der Waals surface area contributed by atoms with Crippen molar-refractivity contribution in [2.24, 2.45) is 0 Å². The molecule has 0 aliphatic rings. The molecular formula is C11H6BrF2NO2. The molecule has 0 bridgehead atoms. The quantitative estimate of drug-likeness (QED) is 0.921. The molecule has 1 aromatic carbocycles. The van der Waals surface area contributed by atoms with Crippen LogP contribution in [0.5, 0.6) is 0 Å². The molecule has 0 aliphatic carbocycles. The third-order valence-corrected chi connectivity index (χ3v) is 2.68. The Kier molecular flexibility index (Phi) is 3.23. The first-order valence-corrected chi connectivity index (χ1v) is 5.37. The van der Waals surface area contributed by atoms with Crippen LogP contribution in [0.15, 0.2) is 39.6 Å². The number of nitrogens with one attached hydrogen (secondary N) is 1. The van der Waals surface area contributed by atoms with Crippen LogP contribution < -0.4 is 5.32 Å². The lowest BCUT2D eigenvalue weighted by Crippen LogP contribution is -2.13. The van der Waals surface area contributed by atoms with Gasteiger partial charge in [0, 0.05) is 0 Å². The molecule has 3 nitrogen and oxygen atoms in total. The Bertz CT molecular complexity index is 568. The van der Waals surface area contributed by atoms with Gasteiger partial charge in [0.25, 0.3) is 5.91 Å². The maximum absolute atomic E-state index is 13.3. The van der Waals surface area contributed by atoms with E-state index in [0.717, 1.165) is 6.07 Å². The number of carbonyl (C=O) groups excluding carboxylic acids is 1. The van der Waals surface area contributed by atoms with Crippen molar-refractivity contribution >= 4 is 27.5 Å². The second kappa shape index (κ2) is 4.67. The lowest BCUT2D eigenvalue weighted by Gasteiger charge is -2.05. The van der Waals surface area contributed by atoms with Gasteiger partial charge in [-0.1, -0.05) is 6.07 Å². The number of hydrogen-bond acceptors (Lipinski definition) is 2. The minimum absolute atomic E-state index is 0.202. The third kappa shape index (κ3) is 2.36. The van der Waals surface area contributed by atoms with Crippen molar-refractivity contribution < 1.29 is 18.0 Å². The Morgan fingerprint density at radius 1 is 1.29 bits per heavy atom. The van der Waals surface area contributed by atoms with Gasteiger partial charge in [0.1, 0.15) is 0 Å². The van der Waals surface area contributed by atoms with Gasteiger partial charge in [-0.25, -0.2) is 8.78 Å². The molecule has 0 aliphatic heterocycles. The highest BCUT2D eigenvalue weighted by Gasteiger charge is 2.15. The van der Waals surface area contributed by atoms with E-state index in [1.54, 1.807) is 0 Å². The first-order chi connectivity index (χ1) is 8.09. The molecule has 6 heteroatoms. The Morgan fingerprint density at radius 2 is 2.06 bits per heavy atom. The van der Waals surface area contributed by atoms with Crippen molar-refractivity contribution in [3.8, 4) is 0 Å². The highest BCUT2D eigenvalue weighted by atomic mass is 79.9. The first-order valence-electron chi connectivity index (χ1n) is 4.58. The third-order valence-electron chi connectivity index (χ3n) is 2.06. The summed E-state index contributed by atoms with van der Waals surface area (Å²) < 4.78 is 31.3. The van der Waals surface area contributed by atoms with Gasteiger partial charge in [0.2, 0.25) is 0 Å². The Balaban J connectivity index is 2.25. The second-order valence-electron chi connectivity index (χ2n) is 3.16. The molecule has 1 amide bonds. The second-order valence-corrected chi connectivity index (χ2v) is 3.88. The van der Waals surface area contributed by atoms with Crippen LogP contribution in [-0.2, 0) is 0 Å². The van der Waals surface area contributed by atoms with Crippen molar-refractivity contribution in [1.82, 2.24) is 0 Å². The van der Waals surface area contributed by atoms with Crippen molar-refractivity contribution in [3.05, 3.63) is 52.4 Å². The Morgan fingerprint density at radius 3 is 2.71 bits per heavy atom. The lowest BCUT2D eigenvalue weighted by molar-refractivity contribution is 0.102. The van der Waals surface area contributed by atoms with E-state index < -0.39 is 17.5 Å². The van der Waals surface area contributed by atoms with Crippen LogP contribution in [0.3, 0.4) is 0 Å². The van der Waals surface area contributed by atoms with Gasteiger partial charge in [-0.15, -0.1) is 0 Å². The predicted octanol–water partition coefficient (Wildman–Crippen LogP) is 3.57. The zero-order valence-corrected chi connectivity index (χ0v) is 9.92. The van der Waals surface area contributed by atoms with Gasteiger partial charge >= 0.3 is 0 Å². The highest BCUT2D eigenvalue weighted by Crippen LogP contribution is 2.21. The maximum atomic E-state index is 13.3. The van der Waals surface area contributed by atoms with Gasteiger partial charge in [0.15, 0.2) is 16.3 Å². The number of furan rings is 1. The molecule has 0 saturated carbocycles.